The molecule has 0 saturated heterocycles. The molecule has 0 aliphatic carbocycles. The van der Waals surface area contributed by atoms with Crippen molar-refractivity contribution in [3.8, 4) is 6.07 Å². The Morgan fingerprint density at radius 2 is 2.00 bits per heavy atom. The number of aliphatic hydroxyl groups excluding tert-OH is 1. The molecule has 5 heteroatoms. The van der Waals surface area contributed by atoms with Crippen molar-refractivity contribution >= 4 is 6.09 Å². The van der Waals surface area contributed by atoms with Gasteiger partial charge in [-0.3, -0.25) is 4.90 Å². The molecule has 0 aliphatic rings. The van der Waals surface area contributed by atoms with Crippen LogP contribution in [-0.2, 0) is 0 Å². The molecule has 0 aliphatic heterocycles. The number of hydrogen-bond donors (Lipinski definition) is 2. The Hall–Kier alpha value is -1.28. The maximum atomic E-state index is 11.3. The van der Waals surface area contributed by atoms with Gasteiger partial charge in [0.1, 0.15) is 0 Å². The van der Waals surface area contributed by atoms with Crippen molar-refractivity contribution in [1.29, 1.82) is 5.26 Å². The van der Waals surface area contributed by atoms with Gasteiger partial charge in [0.05, 0.1) is 12.1 Å². The summed E-state index contributed by atoms with van der Waals surface area (Å²) in [5.41, 5.74) is -0.637. The van der Waals surface area contributed by atoms with Crippen molar-refractivity contribution < 1.29 is 15.0 Å². The number of hydrogen-bond acceptors (Lipinski definition) is 3. The predicted molar refractivity (Wildman–Crippen MR) is 64.5 cm³/mol. The van der Waals surface area contributed by atoms with Gasteiger partial charge < -0.3 is 10.2 Å². The summed E-state index contributed by atoms with van der Waals surface area (Å²) in [5, 5.41) is 27.7. The SMILES string of the molecule is CCCC[C@@H]([C@H](O)C#N)N(C(=O)O)C(C)(C)C. The summed E-state index contributed by atoms with van der Waals surface area (Å²) in [4.78, 5) is 12.5. The molecule has 0 aromatic heterocycles. The van der Waals surface area contributed by atoms with Gasteiger partial charge in [-0.05, 0) is 27.2 Å². The third-order valence-electron chi connectivity index (χ3n) is 2.61. The number of amides is 1. The lowest BCUT2D eigenvalue weighted by atomic mass is 9.97. The van der Waals surface area contributed by atoms with Gasteiger partial charge in [-0.1, -0.05) is 19.8 Å². The Labute approximate surface area is 103 Å². The summed E-state index contributed by atoms with van der Waals surface area (Å²) in [6, 6.07) is 1.06. The first-order chi connectivity index (χ1) is 7.75. The van der Waals surface area contributed by atoms with E-state index in [1.165, 1.54) is 4.90 Å². The fourth-order valence-electron chi connectivity index (χ4n) is 1.85. The molecule has 0 spiro atoms. The summed E-state index contributed by atoms with van der Waals surface area (Å²) in [5.74, 6) is 0. The Morgan fingerprint density at radius 1 is 1.47 bits per heavy atom. The molecule has 2 atom stereocenters. The van der Waals surface area contributed by atoms with E-state index in [2.05, 4.69) is 0 Å². The molecule has 0 aromatic rings. The smallest absolute Gasteiger partial charge is 0.408 e. The normalized spacial score (nSPS) is 14.8. The zero-order chi connectivity index (χ0) is 13.6. The van der Waals surface area contributed by atoms with Gasteiger partial charge in [-0.15, -0.1) is 0 Å². The van der Waals surface area contributed by atoms with Crippen LogP contribution >= 0.6 is 0 Å². The van der Waals surface area contributed by atoms with Crippen LogP contribution in [0.3, 0.4) is 0 Å². The fraction of sp³-hybridized carbons (Fsp3) is 0.833. The molecule has 17 heavy (non-hydrogen) atoms. The summed E-state index contributed by atoms with van der Waals surface area (Å²) >= 11 is 0. The Bertz CT molecular complexity index is 291. The molecule has 0 radical (unpaired) electrons. The quantitative estimate of drug-likeness (QED) is 0.724. The molecular weight excluding hydrogens is 220 g/mol. The highest BCUT2D eigenvalue weighted by Crippen LogP contribution is 2.23. The summed E-state index contributed by atoms with van der Waals surface area (Å²) < 4.78 is 0. The van der Waals surface area contributed by atoms with E-state index in [0.29, 0.717) is 6.42 Å². The molecule has 0 bridgehead atoms. The zero-order valence-corrected chi connectivity index (χ0v) is 11.0. The van der Waals surface area contributed by atoms with Crippen LogP contribution in [0, 0.1) is 11.3 Å². The molecule has 98 valence electrons. The largest absolute Gasteiger partial charge is 0.465 e. The molecule has 5 nitrogen and oxygen atoms in total. The van der Waals surface area contributed by atoms with Crippen LogP contribution in [-0.4, -0.2) is 38.9 Å². The van der Waals surface area contributed by atoms with Gasteiger partial charge in [0.15, 0.2) is 6.10 Å². The number of carbonyl (C=O) groups is 1. The summed E-state index contributed by atoms with van der Waals surface area (Å²) in [7, 11) is 0. The number of carboxylic acid groups (broad SMARTS) is 1. The van der Waals surface area contributed by atoms with Crippen molar-refractivity contribution in [2.24, 2.45) is 0 Å². The van der Waals surface area contributed by atoms with Gasteiger partial charge in [-0.25, -0.2) is 4.79 Å². The minimum atomic E-state index is -1.28. The molecule has 1 amide bonds. The zero-order valence-electron chi connectivity index (χ0n) is 11.0. The van der Waals surface area contributed by atoms with E-state index in [0.717, 1.165) is 12.8 Å². The second-order valence-corrected chi connectivity index (χ2v) is 5.11. The molecule has 0 unspecified atom stereocenters. The second-order valence-electron chi connectivity index (χ2n) is 5.11. The van der Waals surface area contributed by atoms with Gasteiger partial charge in [0.2, 0.25) is 0 Å². The van der Waals surface area contributed by atoms with Crippen LogP contribution < -0.4 is 0 Å². The third kappa shape index (κ3) is 4.61. The van der Waals surface area contributed by atoms with E-state index in [1.807, 2.05) is 6.92 Å². The lowest BCUT2D eigenvalue weighted by Gasteiger charge is -2.40. The Balaban J connectivity index is 5.09. The van der Waals surface area contributed by atoms with Crippen LogP contribution in [0.2, 0.25) is 0 Å². The highest BCUT2D eigenvalue weighted by Gasteiger charge is 2.36. The minimum Gasteiger partial charge on any atom is -0.465 e. The van der Waals surface area contributed by atoms with E-state index in [9.17, 15) is 15.0 Å². The Morgan fingerprint density at radius 3 is 2.29 bits per heavy atom. The third-order valence-corrected chi connectivity index (χ3v) is 2.61. The molecule has 0 rings (SSSR count). The molecule has 0 saturated carbocycles. The van der Waals surface area contributed by atoms with Gasteiger partial charge in [-0.2, -0.15) is 5.26 Å². The monoisotopic (exact) mass is 242 g/mol. The average molecular weight is 242 g/mol. The first kappa shape index (κ1) is 15.7. The van der Waals surface area contributed by atoms with Crippen LogP contribution in [0.25, 0.3) is 0 Å². The predicted octanol–water partition coefficient (Wildman–Crippen LogP) is 2.21. The van der Waals surface area contributed by atoms with Crippen molar-refractivity contribution in [2.75, 3.05) is 0 Å². The van der Waals surface area contributed by atoms with Crippen LogP contribution in [0.4, 0.5) is 4.79 Å². The van der Waals surface area contributed by atoms with E-state index in [1.54, 1.807) is 26.8 Å². The number of rotatable bonds is 5. The van der Waals surface area contributed by atoms with E-state index in [4.69, 9.17) is 5.26 Å². The van der Waals surface area contributed by atoms with E-state index in [-0.39, 0.29) is 0 Å². The number of nitrogens with zero attached hydrogens (tertiary/aromatic N) is 2. The number of nitriles is 1. The van der Waals surface area contributed by atoms with E-state index < -0.39 is 23.8 Å². The van der Waals surface area contributed by atoms with Crippen LogP contribution in [0.1, 0.15) is 47.0 Å². The first-order valence-corrected chi connectivity index (χ1v) is 5.85. The first-order valence-electron chi connectivity index (χ1n) is 5.85. The lowest BCUT2D eigenvalue weighted by Crippen LogP contribution is -2.55. The van der Waals surface area contributed by atoms with Crippen molar-refractivity contribution in [1.82, 2.24) is 4.90 Å². The molecule has 0 heterocycles. The maximum Gasteiger partial charge on any atom is 0.408 e. The molecule has 0 fully saturated rings. The summed E-state index contributed by atoms with van der Waals surface area (Å²) in [6.07, 6.45) is -0.214. The molecule has 0 aromatic carbocycles. The lowest BCUT2D eigenvalue weighted by molar-refractivity contribution is 0.0224. The fourth-order valence-corrected chi connectivity index (χ4v) is 1.85. The van der Waals surface area contributed by atoms with Gasteiger partial charge in [0, 0.05) is 5.54 Å². The standard InChI is InChI=1S/C12H22N2O3/c1-5-6-7-9(10(15)8-13)14(11(16)17)12(2,3)4/h9-10,15H,5-7H2,1-4H3,(H,16,17)/t9-,10+/m0/s1. The molecule has 2 N–H and O–H groups in total. The van der Waals surface area contributed by atoms with Gasteiger partial charge in [0.25, 0.3) is 0 Å². The van der Waals surface area contributed by atoms with E-state index >= 15 is 0 Å². The average Bonchev–Trinajstić information content (AvgIpc) is 2.20. The highest BCUT2D eigenvalue weighted by atomic mass is 16.4. The van der Waals surface area contributed by atoms with Crippen LogP contribution in [0.15, 0.2) is 0 Å². The minimum absolute atomic E-state index is 0.495. The number of unbranched alkanes of at least 4 members (excludes halogenated alkanes) is 1. The van der Waals surface area contributed by atoms with Crippen LogP contribution in [0.5, 0.6) is 0 Å². The topological polar surface area (TPSA) is 84.6 Å². The van der Waals surface area contributed by atoms with Crippen molar-refractivity contribution in [3.05, 3.63) is 0 Å². The maximum absolute atomic E-state index is 11.3. The Kier molecular flexibility index (Phi) is 5.97. The second kappa shape index (κ2) is 6.45. The molecular formula is C12H22N2O3. The van der Waals surface area contributed by atoms with Crippen molar-refractivity contribution in [3.63, 3.8) is 0 Å². The van der Waals surface area contributed by atoms with Crippen molar-refractivity contribution in [2.45, 2.75) is 64.6 Å². The highest BCUT2D eigenvalue weighted by molar-refractivity contribution is 5.66. The van der Waals surface area contributed by atoms with Gasteiger partial charge >= 0.3 is 6.09 Å². The number of aliphatic hydroxyl groups is 1. The summed E-state index contributed by atoms with van der Waals surface area (Å²) in [6.45, 7) is 7.25.